The first-order valence-electron chi connectivity index (χ1n) is 6.74. The summed E-state index contributed by atoms with van der Waals surface area (Å²) < 4.78 is 30.0. The Morgan fingerprint density at radius 2 is 2.05 bits per heavy atom. The van der Waals surface area contributed by atoms with Crippen LogP contribution in [0.25, 0.3) is 0 Å². The maximum absolute atomic E-state index is 12.6. The molecule has 2 aliphatic rings. The van der Waals surface area contributed by atoms with Gasteiger partial charge in [-0.1, -0.05) is 0 Å². The van der Waals surface area contributed by atoms with Crippen LogP contribution >= 0.6 is 0 Å². The third kappa shape index (κ3) is 2.54. The zero-order valence-electron chi connectivity index (χ0n) is 11.4. The maximum atomic E-state index is 12.6. The first-order valence-corrected chi connectivity index (χ1v) is 8.18. The largest absolute Gasteiger partial charge is 0.480 e. The molecule has 1 N–H and O–H groups in total. The fraction of sp³-hybridized carbons (Fsp3) is 0.833. The molecule has 0 spiro atoms. The van der Waals surface area contributed by atoms with Gasteiger partial charge in [-0.3, -0.25) is 9.59 Å². The molecule has 7 nitrogen and oxygen atoms in total. The Hall–Kier alpha value is -1.15. The van der Waals surface area contributed by atoms with E-state index >= 15 is 0 Å². The minimum Gasteiger partial charge on any atom is -0.480 e. The van der Waals surface area contributed by atoms with E-state index in [4.69, 9.17) is 9.84 Å². The van der Waals surface area contributed by atoms with E-state index in [1.165, 1.54) is 0 Å². The van der Waals surface area contributed by atoms with Crippen LogP contribution in [0.5, 0.6) is 0 Å². The Bertz CT molecular complexity index is 510. The normalized spacial score (nSPS) is 25.4. The molecule has 1 atom stereocenters. The number of carbonyl (C=O) groups excluding carboxylic acids is 1. The fourth-order valence-electron chi connectivity index (χ4n) is 2.66. The standard InChI is InChI=1S/C12H19NO6S/c1-2-19-10(14)8-12(5-6-12)20(17,18)13-7-3-4-9(13)11(15)16/h9H,2-8H2,1H3,(H,15,16)/t9-/m0/s1. The van der Waals surface area contributed by atoms with Crippen molar-refractivity contribution in [2.75, 3.05) is 13.2 Å². The molecule has 1 heterocycles. The predicted octanol–water partition coefficient (Wildman–Crippen LogP) is 0.351. The summed E-state index contributed by atoms with van der Waals surface area (Å²) in [7, 11) is -3.78. The summed E-state index contributed by atoms with van der Waals surface area (Å²) in [5, 5.41) is 9.10. The van der Waals surface area contributed by atoms with Crippen LogP contribution in [0.1, 0.15) is 39.0 Å². The van der Waals surface area contributed by atoms with E-state index < -0.39 is 32.8 Å². The van der Waals surface area contributed by atoms with Crippen LogP contribution in [0.4, 0.5) is 0 Å². The third-order valence-electron chi connectivity index (χ3n) is 3.92. The lowest BCUT2D eigenvalue weighted by atomic mass is 10.2. The number of esters is 1. The van der Waals surface area contributed by atoms with Gasteiger partial charge in [0.25, 0.3) is 0 Å². The Kier molecular flexibility index (Phi) is 4.06. The second-order valence-electron chi connectivity index (χ2n) is 5.28. The summed E-state index contributed by atoms with van der Waals surface area (Å²) in [6, 6.07) is -1.00. The highest BCUT2D eigenvalue weighted by Crippen LogP contribution is 2.49. The van der Waals surface area contributed by atoms with Gasteiger partial charge in [-0.15, -0.1) is 0 Å². The van der Waals surface area contributed by atoms with Gasteiger partial charge in [-0.05, 0) is 32.6 Å². The van der Waals surface area contributed by atoms with E-state index in [0.29, 0.717) is 25.7 Å². The van der Waals surface area contributed by atoms with Crippen molar-refractivity contribution in [2.24, 2.45) is 0 Å². The van der Waals surface area contributed by atoms with Crippen LogP contribution in [0.3, 0.4) is 0 Å². The summed E-state index contributed by atoms with van der Waals surface area (Å²) in [5.41, 5.74) is 0. The van der Waals surface area contributed by atoms with Crippen LogP contribution in [0.2, 0.25) is 0 Å². The highest BCUT2D eigenvalue weighted by molar-refractivity contribution is 7.90. The van der Waals surface area contributed by atoms with E-state index in [1.54, 1.807) is 6.92 Å². The van der Waals surface area contributed by atoms with Crippen molar-refractivity contribution in [1.82, 2.24) is 4.31 Å². The van der Waals surface area contributed by atoms with Crippen molar-refractivity contribution in [1.29, 1.82) is 0 Å². The fourth-order valence-corrected chi connectivity index (χ4v) is 4.98. The molecule has 0 aromatic heterocycles. The van der Waals surface area contributed by atoms with Crippen molar-refractivity contribution in [3.05, 3.63) is 0 Å². The molecule has 0 aromatic carbocycles. The Balaban J connectivity index is 2.18. The van der Waals surface area contributed by atoms with Crippen molar-refractivity contribution >= 4 is 22.0 Å². The number of hydrogen-bond donors (Lipinski definition) is 1. The van der Waals surface area contributed by atoms with E-state index in [9.17, 15) is 18.0 Å². The molecule has 114 valence electrons. The van der Waals surface area contributed by atoms with E-state index in [1.807, 2.05) is 0 Å². The number of rotatable bonds is 6. The molecular formula is C12H19NO6S. The molecule has 2 fully saturated rings. The summed E-state index contributed by atoms with van der Waals surface area (Å²) >= 11 is 0. The van der Waals surface area contributed by atoms with Crippen LogP contribution in [0, 0.1) is 0 Å². The average Bonchev–Trinajstić information content (AvgIpc) is 2.96. The van der Waals surface area contributed by atoms with Gasteiger partial charge in [0.05, 0.1) is 17.8 Å². The number of nitrogens with zero attached hydrogens (tertiary/aromatic N) is 1. The first-order chi connectivity index (χ1) is 9.34. The SMILES string of the molecule is CCOC(=O)CC1(S(=O)(=O)N2CCC[C@H]2C(=O)O)CC1. The molecule has 0 bridgehead atoms. The maximum Gasteiger partial charge on any atom is 0.322 e. The van der Waals surface area contributed by atoms with Crippen molar-refractivity contribution in [2.45, 2.75) is 49.8 Å². The number of sulfonamides is 1. The Morgan fingerprint density at radius 3 is 2.55 bits per heavy atom. The zero-order valence-corrected chi connectivity index (χ0v) is 12.2. The summed E-state index contributed by atoms with van der Waals surface area (Å²) in [5.74, 6) is -1.67. The monoisotopic (exact) mass is 305 g/mol. The third-order valence-corrected chi connectivity index (χ3v) is 6.63. The van der Waals surface area contributed by atoms with E-state index in [-0.39, 0.29) is 19.6 Å². The van der Waals surface area contributed by atoms with Gasteiger partial charge in [0.15, 0.2) is 0 Å². The highest BCUT2D eigenvalue weighted by atomic mass is 32.2. The number of hydrogen-bond acceptors (Lipinski definition) is 5. The van der Waals surface area contributed by atoms with Crippen LogP contribution < -0.4 is 0 Å². The molecule has 1 saturated carbocycles. The molecule has 0 amide bonds. The van der Waals surface area contributed by atoms with Crippen LogP contribution in [0.15, 0.2) is 0 Å². The number of aliphatic carboxylic acids is 1. The second kappa shape index (κ2) is 5.33. The smallest absolute Gasteiger partial charge is 0.322 e. The van der Waals surface area contributed by atoms with Crippen molar-refractivity contribution in [3.8, 4) is 0 Å². The minimum atomic E-state index is -3.78. The van der Waals surface area contributed by atoms with Gasteiger partial charge in [-0.25, -0.2) is 8.42 Å². The van der Waals surface area contributed by atoms with Crippen LogP contribution in [-0.4, -0.2) is 53.7 Å². The lowest BCUT2D eigenvalue weighted by Gasteiger charge is -2.26. The number of ether oxygens (including phenoxy) is 1. The molecule has 0 aromatic rings. The van der Waals surface area contributed by atoms with Gasteiger partial charge in [0.2, 0.25) is 10.0 Å². The highest BCUT2D eigenvalue weighted by Gasteiger charge is 2.60. The molecule has 0 unspecified atom stereocenters. The number of carboxylic acids is 1. The van der Waals surface area contributed by atoms with Crippen LogP contribution in [-0.2, 0) is 24.3 Å². The topological polar surface area (TPSA) is 101 Å². The van der Waals surface area contributed by atoms with Gasteiger partial charge in [0, 0.05) is 6.54 Å². The van der Waals surface area contributed by atoms with E-state index in [0.717, 1.165) is 4.31 Å². The summed E-state index contributed by atoms with van der Waals surface area (Å²) in [6.07, 6.45) is 1.44. The molecule has 0 radical (unpaired) electrons. The van der Waals surface area contributed by atoms with Crippen molar-refractivity contribution < 1.29 is 27.9 Å². The van der Waals surface area contributed by atoms with Crippen molar-refractivity contribution in [3.63, 3.8) is 0 Å². The number of carboxylic acid groups (broad SMARTS) is 1. The molecule has 1 aliphatic heterocycles. The average molecular weight is 305 g/mol. The number of carbonyl (C=O) groups is 2. The zero-order chi connectivity index (χ0) is 15.0. The Morgan fingerprint density at radius 1 is 1.40 bits per heavy atom. The van der Waals surface area contributed by atoms with E-state index in [2.05, 4.69) is 0 Å². The van der Waals surface area contributed by atoms with Gasteiger partial charge in [0.1, 0.15) is 6.04 Å². The lowest BCUT2D eigenvalue weighted by Crippen LogP contribution is -2.46. The lowest BCUT2D eigenvalue weighted by molar-refractivity contribution is -0.143. The molecular weight excluding hydrogens is 286 g/mol. The quantitative estimate of drug-likeness (QED) is 0.711. The Labute approximate surface area is 117 Å². The predicted molar refractivity (Wildman–Crippen MR) is 69.5 cm³/mol. The summed E-state index contributed by atoms with van der Waals surface area (Å²) in [6.45, 7) is 2.08. The minimum absolute atomic E-state index is 0.188. The van der Waals surface area contributed by atoms with Gasteiger partial charge < -0.3 is 9.84 Å². The van der Waals surface area contributed by atoms with Gasteiger partial charge >= 0.3 is 11.9 Å². The molecule has 1 saturated heterocycles. The molecule has 2 rings (SSSR count). The molecule has 8 heteroatoms. The summed E-state index contributed by atoms with van der Waals surface area (Å²) in [4.78, 5) is 22.7. The molecule has 20 heavy (non-hydrogen) atoms. The first kappa shape index (κ1) is 15.2. The second-order valence-corrected chi connectivity index (χ2v) is 7.56. The molecule has 1 aliphatic carbocycles. The van der Waals surface area contributed by atoms with Gasteiger partial charge in [-0.2, -0.15) is 4.31 Å².